The maximum atomic E-state index is 12.8. The number of carbonyl (C=O) groups is 1. The Labute approximate surface area is 215 Å². The van der Waals surface area contributed by atoms with Crippen LogP contribution in [0.3, 0.4) is 0 Å². The molecule has 1 N–H and O–H groups in total. The normalized spacial score (nSPS) is 15.6. The lowest BCUT2D eigenvalue weighted by molar-refractivity contribution is -0.120. The first-order chi connectivity index (χ1) is 18.0. The lowest BCUT2D eigenvalue weighted by Gasteiger charge is -2.39. The Kier molecular flexibility index (Phi) is 5.99. The smallest absolute Gasteiger partial charge is 0.231 e. The van der Waals surface area contributed by atoms with Crippen molar-refractivity contribution in [2.75, 3.05) is 41.3 Å². The van der Waals surface area contributed by atoms with Crippen molar-refractivity contribution in [1.29, 1.82) is 0 Å². The summed E-state index contributed by atoms with van der Waals surface area (Å²) in [5.74, 6) is 2.36. The summed E-state index contributed by atoms with van der Waals surface area (Å²) in [6, 6.07) is 15.7. The van der Waals surface area contributed by atoms with Gasteiger partial charge in [0.2, 0.25) is 5.91 Å². The van der Waals surface area contributed by atoms with Crippen molar-refractivity contribution in [2.24, 2.45) is 5.92 Å². The van der Waals surface area contributed by atoms with Gasteiger partial charge in [-0.1, -0.05) is 12.1 Å². The minimum Gasteiger partial charge on any atom is -0.355 e. The molecule has 10 heteroatoms. The fraction of sp³-hybridized carbons (Fsp3) is 0.333. The first-order valence-electron chi connectivity index (χ1n) is 12.6. The second-order valence-corrected chi connectivity index (χ2v) is 9.71. The van der Waals surface area contributed by atoms with Crippen LogP contribution in [0.4, 0.5) is 17.3 Å². The third-order valence-electron chi connectivity index (χ3n) is 6.97. The van der Waals surface area contributed by atoms with Crippen LogP contribution in [-0.2, 0) is 4.79 Å². The molecule has 5 heterocycles. The second-order valence-electron chi connectivity index (χ2n) is 9.71. The molecule has 4 aromatic rings. The van der Waals surface area contributed by atoms with Gasteiger partial charge in [0.15, 0.2) is 11.6 Å². The molecule has 6 rings (SSSR count). The van der Waals surface area contributed by atoms with Gasteiger partial charge in [0.05, 0.1) is 17.3 Å². The number of anilines is 3. The highest BCUT2D eigenvalue weighted by atomic mass is 16.2. The summed E-state index contributed by atoms with van der Waals surface area (Å²) in [5, 5.41) is 16.3. The van der Waals surface area contributed by atoms with E-state index < -0.39 is 0 Å². The maximum Gasteiger partial charge on any atom is 0.231 e. The lowest BCUT2D eigenvalue weighted by Crippen LogP contribution is -2.52. The Morgan fingerprint density at radius 2 is 1.62 bits per heavy atom. The van der Waals surface area contributed by atoms with Crippen LogP contribution in [-0.4, -0.2) is 62.0 Å². The van der Waals surface area contributed by atoms with Crippen LogP contribution in [0.2, 0.25) is 0 Å². The Balaban J connectivity index is 1.04. The SMILES string of the molecule is Cc1cc(C)n(-c2cc(N3CC(C(=O)Nc4ccc(-c5ccc(N6CCCC6)nn5)cc4)C3)ncn2)n1. The average Bonchev–Trinajstić information content (AvgIpc) is 3.53. The van der Waals surface area contributed by atoms with Crippen LogP contribution in [0, 0.1) is 19.8 Å². The van der Waals surface area contributed by atoms with Crippen LogP contribution in [0.25, 0.3) is 17.1 Å². The van der Waals surface area contributed by atoms with Crippen molar-refractivity contribution >= 4 is 23.2 Å². The Hall–Kier alpha value is -4.34. The molecule has 2 fully saturated rings. The molecule has 1 aromatic carbocycles. The number of aromatic nitrogens is 6. The van der Waals surface area contributed by atoms with Gasteiger partial charge in [-0.25, -0.2) is 14.6 Å². The van der Waals surface area contributed by atoms with Gasteiger partial charge in [0.1, 0.15) is 12.1 Å². The van der Waals surface area contributed by atoms with E-state index in [-0.39, 0.29) is 11.8 Å². The number of nitrogens with zero attached hydrogens (tertiary/aromatic N) is 8. The maximum absolute atomic E-state index is 12.8. The number of nitrogens with one attached hydrogen (secondary N) is 1. The molecule has 0 unspecified atom stereocenters. The summed E-state index contributed by atoms with van der Waals surface area (Å²) in [6.07, 6.45) is 3.96. The number of aryl methyl sites for hydroxylation is 2. The van der Waals surface area contributed by atoms with Crippen molar-refractivity contribution in [2.45, 2.75) is 26.7 Å². The summed E-state index contributed by atoms with van der Waals surface area (Å²) in [6.45, 7) is 7.26. The number of carbonyl (C=O) groups excluding carboxylic acids is 1. The van der Waals surface area contributed by atoms with Crippen molar-refractivity contribution in [3.63, 3.8) is 0 Å². The van der Waals surface area contributed by atoms with Gasteiger partial charge in [-0.05, 0) is 57.0 Å². The molecule has 188 valence electrons. The summed E-state index contributed by atoms with van der Waals surface area (Å²) < 4.78 is 1.81. The average molecular weight is 496 g/mol. The second kappa shape index (κ2) is 9.61. The van der Waals surface area contributed by atoms with E-state index >= 15 is 0 Å². The molecule has 2 saturated heterocycles. The van der Waals surface area contributed by atoms with E-state index in [1.807, 2.05) is 67.1 Å². The predicted molar refractivity (Wildman–Crippen MR) is 142 cm³/mol. The number of hydrogen-bond acceptors (Lipinski definition) is 8. The molecule has 0 aliphatic carbocycles. The zero-order valence-corrected chi connectivity index (χ0v) is 21.0. The molecule has 0 atom stereocenters. The third kappa shape index (κ3) is 4.74. The summed E-state index contributed by atoms with van der Waals surface area (Å²) >= 11 is 0. The minimum absolute atomic E-state index is 0.00610. The summed E-state index contributed by atoms with van der Waals surface area (Å²) in [7, 11) is 0. The van der Waals surface area contributed by atoms with Crippen molar-refractivity contribution < 1.29 is 4.79 Å². The molecule has 10 nitrogen and oxygen atoms in total. The van der Waals surface area contributed by atoms with Crippen LogP contribution < -0.4 is 15.1 Å². The van der Waals surface area contributed by atoms with Gasteiger partial charge in [0, 0.05) is 49.2 Å². The number of hydrogen-bond donors (Lipinski definition) is 1. The molecular weight excluding hydrogens is 466 g/mol. The number of rotatable bonds is 6. The van der Waals surface area contributed by atoms with Gasteiger partial charge in [-0.3, -0.25) is 4.79 Å². The van der Waals surface area contributed by atoms with Gasteiger partial charge < -0.3 is 15.1 Å². The van der Waals surface area contributed by atoms with E-state index in [4.69, 9.17) is 0 Å². The van der Waals surface area contributed by atoms with Crippen molar-refractivity contribution in [3.8, 4) is 17.1 Å². The van der Waals surface area contributed by atoms with E-state index in [1.165, 1.54) is 12.8 Å². The van der Waals surface area contributed by atoms with Gasteiger partial charge in [-0.2, -0.15) is 5.10 Å². The predicted octanol–water partition coefficient (Wildman–Crippen LogP) is 3.41. The number of amides is 1. The van der Waals surface area contributed by atoms with Crippen LogP contribution >= 0.6 is 0 Å². The van der Waals surface area contributed by atoms with Crippen LogP contribution in [0.15, 0.2) is 54.9 Å². The highest BCUT2D eigenvalue weighted by Crippen LogP contribution is 2.26. The lowest BCUT2D eigenvalue weighted by atomic mass is 9.99. The first-order valence-corrected chi connectivity index (χ1v) is 12.6. The quantitative estimate of drug-likeness (QED) is 0.434. The zero-order chi connectivity index (χ0) is 25.4. The summed E-state index contributed by atoms with van der Waals surface area (Å²) in [4.78, 5) is 25.9. The Morgan fingerprint density at radius 3 is 2.30 bits per heavy atom. The Morgan fingerprint density at radius 1 is 0.865 bits per heavy atom. The molecular formula is C27H29N9O. The first kappa shape index (κ1) is 23.1. The van der Waals surface area contributed by atoms with Crippen molar-refractivity contribution in [1.82, 2.24) is 29.9 Å². The van der Waals surface area contributed by atoms with E-state index in [1.54, 1.807) is 6.33 Å². The zero-order valence-electron chi connectivity index (χ0n) is 21.0. The highest BCUT2D eigenvalue weighted by molar-refractivity contribution is 5.94. The Bertz CT molecular complexity index is 1400. The molecule has 0 radical (unpaired) electrons. The molecule has 2 aliphatic rings. The fourth-order valence-electron chi connectivity index (χ4n) is 4.88. The van der Waals surface area contributed by atoms with E-state index in [0.29, 0.717) is 13.1 Å². The van der Waals surface area contributed by atoms with Gasteiger partial charge >= 0.3 is 0 Å². The molecule has 1 amide bonds. The standard InChI is InChI=1S/C27H29N9O/c1-18-13-19(2)36(33-18)26-14-25(28-17-29-26)35-15-21(16-35)27(37)30-22-7-5-20(6-8-22)23-9-10-24(32-31-23)34-11-3-4-12-34/h5-10,13-14,17,21H,3-4,11-12,15-16H2,1-2H3,(H,30,37). The topological polar surface area (TPSA) is 105 Å². The monoisotopic (exact) mass is 495 g/mol. The molecule has 2 aliphatic heterocycles. The number of benzene rings is 1. The molecule has 3 aromatic heterocycles. The largest absolute Gasteiger partial charge is 0.355 e. The van der Waals surface area contributed by atoms with Crippen molar-refractivity contribution in [3.05, 3.63) is 66.2 Å². The molecule has 0 bridgehead atoms. The summed E-state index contributed by atoms with van der Waals surface area (Å²) in [5.41, 5.74) is 4.51. The highest BCUT2D eigenvalue weighted by Gasteiger charge is 2.33. The molecule has 0 spiro atoms. The van der Waals surface area contributed by atoms with Crippen LogP contribution in [0.5, 0.6) is 0 Å². The van der Waals surface area contributed by atoms with E-state index in [0.717, 1.165) is 58.9 Å². The molecule has 0 saturated carbocycles. The van der Waals surface area contributed by atoms with E-state index in [9.17, 15) is 4.79 Å². The van der Waals surface area contributed by atoms with E-state index in [2.05, 4.69) is 40.4 Å². The van der Waals surface area contributed by atoms with Gasteiger partial charge in [0.25, 0.3) is 0 Å². The van der Waals surface area contributed by atoms with Gasteiger partial charge in [-0.15, -0.1) is 10.2 Å². The molecule has 37 heavy (non-hydrogen) atoms. The third-order valence-corrected chi connectivity index (χ3v) is 6.97. The van der Waals surface area contributed by atoms with Crippen LogP contribution in [0.1, 0.15) is 24.2 Å². The minimum atomic E-state index is -0.101. The fourth-order valence-corrected chi connectivity index (χ4v) is 4.88.